The third kappa shape index (κ3) is 3.77. The average Bonchev–Trinajstić information content (AvgIpc) is 2.60. The van der Waals surface area contributed by atoms with Crippen LogP contribution >= 0.6 is 46.4 Å². The van der Waals surface area contributed by atoms with Gasteiger partial charge in [0.2, 0.25) is 0 Å². The molecule has 0 saturated carbocycles. The molecular formula is C19H12Cl4O5S. The molecule has 10 heteroatoms. The molecule has 0 aliphatic carbocycles. The first-order valence-electron chi connectivity index (χ1n) is 7.89. The normalized spacial score (nSPS) is 13.8. The molecular weight excluding hydrogens is 482 g/mol. The summed E-state index contributed by atoms with van der Waals surface area (Å²) in [7, 11) is -5.06. The van der Waals surface area contributed by atoms with Crippen molar-refractivity contribution in [1.82, 2.24) is 0 Å². The van der Waals surface area contributed by atoms with E-state index in [1.54, 1.807) is 0 Å². The first-order valence-corrected chi connectivity index (χ1v) is 10.8. The van der Waals surface area contributed by atoms with E-state index in [9.17, 15) is 23.2 Å². The minimum Gasteiger partial charge on any atom is -0.508 e. The molecule has 0 aromatic heterocycles. The summed E-state index contributed by atoms with van der Waals surface area (Å²) in [5, 5.41) is 19.9. The Morgan fingerprint density at radius 2 is 1.38 bits per heavy atom. The van der Waals surface area contributed by atoms with Crippen molar-refractivity contribution in [3.05, 3.63) is 91.4 Å². The van der Waals surface area contributed by atoms with Crippen LogP contribution in [0.4, 0.5) is 0 Å². The topological polar surface area (TPSA) is 94.8 Å². The summed E-state index contributed by atoms with van der Waals surface area (Å²) in [5.41, 5.74) is -0.346. The Morgan fingerprint density at radius 1 is 0.759 bits per heavy atom. The first kappa shape index (κ1) is 22.0. The maximum Gasteiger partial charge on any atom is 0.283 e. The van der Waals surface area contributed by atoms with Crippen molar-refractivity contribution in [3.8, 4) is 11.5 Å². The van der Waals surface area contributed by atoms with Crippen LogP contribution < -0.4 is 0 Å². The minimum absolute atomic E-state index is 0.00205. The molecule has 0 aliphatic heterocycles. The number of aromatic hydroxyl groups is 2. The van der Waals surface area contributed by atoms with Crippen LogP contribution in [0.3, 0.4) is 0 Å². The second-order valence-electron chi connectivity index (χ2n) is 6.13. The minimum atomic E-state index is -5.06. The molecule has 3 rings (SSSR count). The lowest BCUT2D eigenvalue weighted by Gasteiger charge is -2.33. The van der Waals surface area contributed by atoms with Gasteiger partial charge in [0.1, 0.15) is 11.5 Å². The molecule has 0 aliphatic rings. The number of hydrogen-bond acceptors (Lipinski definition) is 4. The second-order valence-corrected chi connectivity index (χ2v) is 9.29. The number of halogens is 4. The van der Waals surface area contributed by atoms with E-state index in [4.69, 9.17) is 46.4 Å². The summed E-state index contributed by atoms with van der Waals surface area (Å²) in [4.78, 5) is 0. The molecule has 0 bridgehead atoms. The first-order chi connectivity index (χ1) is 13.5. The summed E-state index contributed by atoms with van der Waals surface area (Å²) in [6.45, 7) is 0. The predicted molar refractivity (Wildman–Crippen MR) is 114 cm³/mol. The lowest BCUT2D eigenvalue weighted by Crippen LogP contribution is -2.38. The lowest BCUT2D eigenvalue weighted by atomic mass is 9.83. The number of phenols is 2. The smallest absolute Gasteiger partial charge is 0.283 e. The van der Waals surface area contributed by atoms with Crippen LogP contribution in [0.15, 0.2) is 54.6 Å². The number of phenolic OH excluding ortho intramolecular Hbond substituents is 2. The number of benzene rings is 3. The van der Waals surface area contributed by atoms with E-state index in [2.05, 4.69) is 0 Å². The van der Waals surface area contributed by atoms with Gasteiger partial charge in [-0.25, -0.2) is 0 Å². The summed E-state index contributed by atoms with van der Waals surface area (Å²) >= 11 is 24.6. The van der Waals surface area contributed by atoms with E-state index in [1.807, 2.05) is 0 Å². The fraction of sp³-hybridized carbons (Fsp3) is 0.0526. The van der Waals surface area contributed by atoms with E-state index in [0.29, 0.717) is 0 Å². The molecule has 29 heavy (non-hydrogen) atoms. The van der Waals surface area contributed by atoms with Crippen LogP contribution in [0.1, 0.15) is 16.7 Å². The van der Waals surface area contributed by atoms with Crippen LogP contribution in [0, 0.1) is 0 Å². The molecule has 152 valence electrons. The van der Waals surface area contributed by atoms with E-state index in [-0.39, 0.29) is 36.8 Å². The predicted octanol–water partition coefficient (Wildman–Crippen LogP) is 5.89. The van der Waals surface area contributed by atoms with Gasteiger partial charge in [-0.3, -0.25) is 4.55 Å². The van der Waals surface area contributed by atoms with Gasteiger partial charge in [-0.2, -0.15) is 8.42 Å². The molecule has 0 saturated heterocycles. The highest BCUT2D eigenvalue weighted by atomic mass is 35.5. The molecule has 0 fully saturated rings. The molecule has 3 N–H and O–H groups in total. The fourth-order valence-electron chi connectivity index (χ4n) is 3.22. The maximum absolute atomic E-state index is 13.0. The molecule has 3 aromatic rings. The number of rotatable bonds is 4. The van der Waals surface area contributed by atoms with Crippen molar-refractivity contribution in [2.24, 2.45) is 0 Å². The average molecular weight is 494 g/mol. The van der Waals surface area contributed by atoms with Crippen molar-refractivity contribution in [2.45, 2.75) is 4.75 Å². The van der Waals surface area contributed by atoms with Gasteiger partial charge in [-0.15, -0.1) is 0 Å². The van der Waals surface area contributed by atoms with E-state index < -0.39 is 26.4 Å². The van der Waals surface area contributed by atoms with Gasteiger partial charge in [-0.05, 0) is 41.5 Å². The highest BCUT2D eigenvalue weighted by Crippen LogP contribution is 2.50. The highest BCUT2D eigenvalue weighted by Gasteiger charge is 2.50. The van der Waals surface area contributed by atoms with E-state index in [0.717, 1.165) is 18.2 Å². The quantitative estimate of drug-likeness (QED) is 0.239. The van der Waals surface area contributed by atoms with Gasteiger partial charge in [0, 0.05) is 16.7 Å². The Morgan fingerprint density at radius 3 is 1.93 bits per heavy atom. The van der Waals surface area contributed by atoms with Gasteiger partial charge in [-0.1, -0.05) is 64.6 Å². The Balaban J connectivity index is 2.61. The highest BCUT2D eigenvalue weighted by molar-refractivity contribution is 7.87. The fourth-order valence-corrected chi connectivity index (χ4v) is 5.43. The standard InChI is InChI=1S/C19H12Cl4O5S/c20-12-3-1-2-10(6-12)19(29(26,27)28,11-7-13(24)9-14(25)8-11)15-4-5-16(21)18(23)17(15)22/h1-9,24-25H,(H,26,27,28). The molecule has 5 nitrogen and oxygen atoms in total. The summed E-state index contributed by atoms with van der Waals surface area (Å²) in [5.74, 6) is -0.877. The SMILES string of the molecule is O=S(=O)(O)C(c1cc(O)cc(O)c1)(c1cccc(Cl)c1)c1ccc(Cl)c(Cl)c1Cl. The van der Waals surface area contributed by atoms with Gasteiger partial charge < -0.3 is 10.2 Å². The summed E-state index contributed by atoms with van der Waals surface area (Å²) in [6.07, 6.45) is 0. The van der Waals surface area contributed by atoms with Crippen molar-refractivity contribution < 1.29 is 23.2 Å². The third-order valence-corrected chi connectivity index (χ3v) is 7.34. The maximum atomic E-state index is 13.0. The Bertz CT molecular complexity index is 1190. The van der Waals surface area contributed by atoms with Crippen molar-refractivity contribution >= 4 is 56.5 Å². The Hall–Kier alpha value is -1.67. The van der Waals surface area contributed by atoms with Gasteiger partial charge in [0.05, 0.1) is 15.1 Å². The second kappa shape index (κ2) is 7.87. The summed E-state index contributed by atoms with van der Waals surface area (Å²) < 4.78 is 34.0. The third-order valence-electron chi connectivity index (χ3n) is 4.34. The molecule has 0 amide bonds. The monoisotopic (exact) mass is 492 g/mol. The van der Waals surface area contributed by atoms with E-state index in [1.165, 1.54) is 36.4 Å². The van der Waals surface area contributed by atoms with Crippen LogP contribution in [-0.2, 0) is 14.9 Å². The lowest BCUT2D eigenvalue weighted by molar-refractivity contribution is 0.444. The van der Waals surface area contributed by atoms with Crippen molar-refractivity contribution in [3.63, 3.8) is 0 Å². The van der Waals surface area contributed by atoms with Crippen LogP contribution in [0.5, 0.6) is 11.5 Å². The van der Waals surface area contributed by atoms with Crippen LogP contribution in [0.2, 0.25) is 20.1 Å². The van der Waals surface area contributed by atoms with Crippen molar-refractivity contribution in [1.29, 1.82) is 0 Å². The molecule has 0 radical (unpaired) electrons. The molecule has 0 heterocycles. The zero-order chi connectivity index (χ0) is 21.6. The Kier molecular flexibility index (Phi) is 5.98. The van der Waals surface area contributed by atoms with Crippen LogP contribution in [0.25, 0.3) is 0 Å². The molecule has 1 unspecified atom stereocenters. The van der Waals surface area contributed by atoms with Gasteiger partial charge in [0.15, 0.2) is 4.75 Å². The zero-order valence-corrected chi connectivity index (χ0v) is 18.1. The molecule has 1 atom stereocenters. The summed E-state index contributed by atoms with van der Waals surface area (Å²) in [6, 6.07) is 11.5. The van der Waals surface area contributed by atoms with Crippen molar-refractivity contribution in [2.75, 3.05) is 0 Å². The van der Waals surface area contributed by atoms with E-state index >= 15 is 0 Å². The Labute approximate surface area is 186 Å². The largest absolute Gasteiger partial charge is 0.508 e. The van der Waals surface area contributed by atoms with Gasteiger partial charge in [0.25, 0.3) is 10.1 Å². The zero-order valence-electron chi connectivity index (χ0n) is 14.3. The number of hydrogen-bond donors (Lipinski definition) is 3. The molecule has 3 aromatic carbocycles. The molecule has 0 spiro atoms. The van der Waals surface area contributed by atoms with Crippen LogP contribution in [-0.4, -0.2) is 23.2 Å². The van der Waals surface area contributed by atoms with Gasteiger partial charge >= 0.3 is 0 Å².